The molecule has 5 nitrogen and oxygen atoms in total. The summed E-state index contributed by atoms with van der Waals surface area (Å²) in [4.78, 5) is 14.9. The summed E-state index contributed by atoms with van der Waals surface area (Å²) in [5, 5.41) is 23.7. The van der Waals surface area contributed by atoms with Gasteiger partial charge in [-0.15, -0.1) is 22.7 Å². The van der Waals surface area contributed by atoms with Crippen LogP contribution in [0.2, 0.25) is 0 Å². The monoisotopic (exact) mass is 324 g/mol. The van der Waals surface area contributed by atoms with Crippen LogP contribution in [0.5, 0.6) is 0 Å². The third kappa shape index (κ3) is 3.09. The van der Waals surface area contributed by atoms with Crippen LogP contribution >= 0.6 is 22.7 Å². The Kier molecular flexibility index (Phi) is 3.97. The second-order valence-corrected chi connectivity index (χ2v) is 7.31. The summed E-state index contributed by atoms with van der Waals surface area (Å²) < 4.78 is 0. The lowest BCUT2D eigenvalue weighted by molar-refractivity contribution is -0.383. The van der Waals surface area contributed by atoms with Crippen molar-refractivity contribution in [1.29, 1.82) is 0 Å². The molecule has 0 saturated heterocycles. The van der Waals surface area contributed by atoms with Gasteiger partial charge in [0.2, 0.25) is 0 Å². The van der Waals surface area contributed by atoms with E-state index in [1.807, 2.05) is 11.4 Å². The summed E-state index contributed by atoms with van der Waals surface area (Å²) in [6, 6.07) is 5.94. The molecule has 1 atom stereocenters. The van der Waals surface area contributed by atoms with Crippen molar-refractivity contribution in [2.75, 3.05) is 4.90 Å². The zero-order valence-electron chi connectivity index (χ0n) is 11.6. The molecule has 0 aromatic carbocycles. The van der Waals surface area contributed by atoms with Gasteiger partial charge in [-0.3, -0.25) is 10.1 Å². The fourth-order valence-corrected chi connectivity index (χ4v) is 4.09. The van der Waals surface area contributed by atoms with Gasteiger partial charge in [0.25, 0.3) is 0 Å². The zero-order chi connectivity index (χ0) is 15.0. The Bertz CT molecular complexity index is 633. The number of nitrogens with zero attached hydrogens (tertiary/aromatic N) is 2. The molecule has 1 aliphatic carbocycles. The minimum absolute atomic E-state index is 0.111. The summed E-state index contributed by atoms with van der Waals surface area (Å²) in [6.45, 7) is 2.34. The normalized spacial score (nSPS) is 15.9. The summed E-state index contributed by atoms with van der Waals surface area (Å²) in [6.07, 6.45) is 1.47. The highest BCUT2D eigenvalue weighted by atomic mass is 32.1. The highest BCUT2D eigenvalue weighted by molar-refractivity contribution is 7.16. The average molecular weight is 324 g/mol. The van der Waals surface area contributed by atoms with Gasteiger partial charge < -0.3 is 10.0 Å². The first-order valence-electron chi connectivity index (χ1n) is 6.81. The van der Waals surface area contributed by atoms with E-state index >= 15 is 0 Å². The largest absolute Gasteiger partial charge is 0.388 e. The molecule has 7 heteroatoms. The lowest BCUT2D eigenvalue weighted by atomic mass is 10.3. The molecule has 112 valence electrons. The number of aliphatic hydroxyl groups is 1. The predicted molar refractivity (Wildman–Crippen MR) is 85.1 cm³/mol. The van der Waals surface area contributed by atoms with Gasteiger partial charge in [-0.1, -0.05) is 6.07 Å². The van der Waals surface area contributed by atoms with Crippen LogP contribution in [0.25, 0.3) is 0 Å². The van der Waals surface area contributed by atoms with Crippen LogP contribution in [-0.2, 0) is 6.54 Å². The van der Waals surface area contributed by atoms with E-state index in [2.05, 4.69) is 11.0 Å². The smallest absolute Gasteiger partial charge is 0.304 e. The summed E-state index contributed by atoms with van der Waals surface area (Å²) in [5.41, 5.74) is 0.111. The molecule has 3 rings (SSSR count). The highest BCUT2D eigenvalue weighted by Gasteiger charge is 2.35. The molecule has 0 amide bonds. The van der Waals surface area contributed by atoms with Gasteiger partial charge in [0.05, 0.1) is 17.6 Å². The molecule has 2 aromatic heterocycles. The fourth-order valence-electron chi connectivity index (χ4n) is 2.26. The number of thiophene rings is 2. The first-order valence-corrected chi connectivity index (χ1v) is 8.51. The Hall–Kier alpha value is -1.44. The molecule has 1 aliphatic rings. The van der Waals surface area contributed by atoms with Crippen molar-refractivity contribution in [2.24, 2.45) is 0 Å². The standard InChI is InChI=1S/C14H16N2O3S2/c1-9(17)13-7-12(16(18)19)14(21-13)15(10-4-5-10)8-11-3-2-6-20-11/h2-3,6-7,9-10,17H,4-5,8H2,1H3/t9-/m1/s1. The van der Waals surface area contributed by atoms with Crippen LogP contribution in [0.3, 0.4) is 0 Å². The summed E-state index contributed by atoms with van der Waals surface area (Å²) in [7, 11) is 0. The number of anilines is 1. The van der Waals surface area contributed by atoms with Crippen LogP contribution in [0.4, 0.5) is 10.7 Å². The van der Waals surface area contributed by atoms with Crippen molar-refractivity contribution in [2.45, 2.75) is 38.5 Å². The van der Waals surface area contributed by atoms with Crippen molar-refractivity contribution in [3.63, 3.8) is 0 Å². The maximum atomic E-state index is 11.3. The number of hydrogen-bond donors (Lipinski definition) is 1. The van der Waals surface area contributed by atoms with Crippen LogP contribution < -0.4 is 4.90 Å². The first-order chi connectivity index (χ1) is 10.1. The molecule has 0 radical (unpaired) electrons. The topological polar surface area (TPSA) is 66.6 Å². The first kappa shape index (κ1) is 14.5. The molecular weight excluding hydrogens is 308 g/mol. The van der Waals surface area contributed by atoms with E-state index in [0.29, 0.717) is 22.5 Å². The van der Waals surface area contributed by atoms with Crippen molar-refractivity contribution < 1.29 is 10.0 Å². The van der Waals surface area contributed by atoms with Gasteiger partial charge in [0, 0.05) is 21.9 Å². The Balaban J connectivity index is 1.96. The van der Waals surface area contributed by atoms with Crippen LogP contribution in [0.1, 0.15) is 35.6 Å². The van der Waals surface area contributed by atoms with Crippen molar-refractivity contribution >= 4 is 33.4 Å². The van der Waals surface area contributed by atoms with Gasteiger partial charge in [-0.25, -0.2) is 0 Å². The van der Waals surface area contributed by atoms with E-state index in [1.165, 1.54) is 22.3 Å². The minimum Gasteiger partial charge on any atom is -0.388 e. The predicted octanol–water partition coefficient (Wildman–Crippen LogP) is 3.94. The number of aliphatic hydroxyl groups excluding tert-OH is 1. The molecule has 0 bridgehead atoms. The maximum absolute atomic E-state index is 11.3. The number of hydrogen-bond acceptors (Lipinski definition) is 6. The molecule has 0 unspecified atom stereocenters. The Morgan fingerprint density at radius 3 is 2.86 bits per heavy atom. The van der Waals surface area contributed by atoms with E-state index < -0.39 is 6.10 Å². The highest BCUT2D eigenvalue weighted by Crippen LogP contribution is 2.45. The minimum atomic E-state index is -0.676. The molecular formula is C14H16N2O3S2. The SMILES string of the molecule is C[C@@H](O)c1cc([N+](=O)[O-])c(N(Cc2cccs2)C2CC2)s1. The van der Waals surface area contributed by atoms with Gasteiger partial charge in [-0.05, 0) is 31.2 Å². The average Bonchev–Trinajstić information content (AvgIpc) is 2.98. The van der Waals surface area contributed by atoms with Crippen LogP contribution in [-0.4, -0.2) is 16.1 Å². The maximum Gasteiger partial charge on any atom is 0.304 e. The summed E-state index contributed by atoms with van der Waals surface area (Å²) in [5.74, 6) is 0. The van der Waals surface area contributed by atoms with Gasteiger partial charge in [0.15, 0.2) is 5.00 Å². The molecule has 1 saturated carbocycles. The van der Waals surface area contributed by atoms with Crippen molar-refractivity contribution in [3.8, 4) is 0 Å². The number of nitro groups is 1. The Morgan fingerprint density at radius 2 is 2.33 bits per heavy atom. The van der Waals surface area contributed by atoms with E-state index in [4.69, 9.17) is 0 Å². The summed E-state index contributed by atoms with van der Waals surface area (Å²) >= 11 is 3.00. The molecule has 21 heavy (non-hydrogen) atoms. The Labute approximate surface area is 130 Å². The van der Waals surface area contributed by atoms with E-state index in [-0.39, 0.29) is 10.6 Å². The molecule has 0 aliphatic heterocycles. The molecule has 2 heterocycles. The Morgan fingerprint density at radius 1 is 1.57 bits per heavy atom. The van der Waals surface area contributed by atoms with Crippen molar-refractivity contribution in [1.82, 2.24) is 0 Å². The molecule has 0 spiro atoms. The van der Waals surface area contributed by atoms with E-state index in [9.17, 15) is 15.2 Å². The molecule has 2 aromatic rings. The second kappa shape index (κ2) is 5.75. The lowest BCUT2D eigenvalue weighted by Crippen LogP contribution is -2.24. The van der Waals surface area contributed by atoms with Crippen LogP contribution in [0, 0.1) is 10.1 Å². The van der Waals surface area contributed by atoms with Crippen molar-refractivity contribution in [3.05, 3.63) is 43.4 Å². The van der Waals surface area contributed by atoms with Crippen LogP contribution in [0.15, 0.2) is 23.6 Å². The van der Waals surface area contributed by atoms with Gasteiger partial charge in [-0.2, -0.15) is 0 Å². The third-order valence-electron chi connectivity index (χ3n) is 3.48. The molecule has 1 fully saturated rings. The molecule has 1 N–H and O–H groups in total. The third-order valence-corrected chi connectivity index (χ3v) is 5.67. The van der Waals surface area contributed by atoms with Gasteiger partial charge >= 0.3 is 5.69 Å². The quantitative estimate of drug-likeness (QED) is 0.645. The number of rotatable bonds is 6. The van der Waals surface area contributed by atoms with E-state index in [0.717, 1.165) is 12.8 Å². The second-order valence-electron chi connectivity index (χ2n) is 5.21. The lowest BCUT2D eigenvalue weighted by Gasteiger charge is -2.21. The zero-order valence-corrected chi connectivity index (χ0v) is 13.2. The fraction of sp³-hybridized carbons (Fsp3) is 0.429. The van der Waals surface area contributed by atoms with Gasteiger partial charge in [0.1, 0.15) is 0 Å². The van der Waals surface area contributed by atoms with E-state index in [1.54, 1.807) is 18.3 Å².